The molecule has 5 heterocycles. The number of hydrogen-bond donors (Lipinski definition) is 1. The molecule has 196 valence electrons. The largest absolute Gasteiger partial charge is 0.353 e. The molecule has 37 heavy (non-hydrogen) atoms. The number of hydrogen-bond acceptors (Lipinski definition) is 6. The molecule has 0 radical (unpaired) electrons. The number of amides is 1. The number of H-pyrrole nitrogens is 1. The first-order chi connectivity index (χ1) is 17.7. The maximum atomic E-state index is 12.8. The zero-order valence-electron chi connectivity index (χ0n) is 23.0. The smallest absolute Gasteiger partial charge is 0.224 e. The average Bonchev–Trinajstić information content (AvgIpc) is 3.48. The van der Waals surface area contributed by atoms with Crippen LogP contribution in [0.3, 0.4) is 0 Å². The van der Waals surface area contributed by atoms with Crippen LogP contribution < -0.4 is 4.90 Å². The third kappa shape index (κ3) is 4.56. The summed E-state index contributed by atoms with van der Waals surface area (Å²) < 4.78 is 1.85. The maximum absolute atomic E-state index is 12.8. The Hall–Kier alpha value is -3.46. The van der Waals surface area contributed by atoms with Gasteiger partial charge in [-0.25, -0.2) is 14.5 Å². The van der Waals surface area contributed by atoms with Crippen LogP contribution in [-0.2, 0) is 4.79 Å². The van der Waals surface area contributed by atoms with Crippen molar-refractivity contribution in [3.05, 3.63) is 41.3 Å². The molecule has 9 nitrogen and oxygen atoms in total. The zero-order valence-corrected chi connectivity index (χ0v) is 23.0. The molecule has 4 aromatic heterocycles. The first-order valence-corrected chi connectivity index (χ1v) is 13.2. The molecular weight excluding hydrogens is 464 g/mol. The number of aromatic nitrogens is 5. The molecule has 0 bridgehead atoms. The van der Waals surface area contributed by atoms with Gasteiger partial charge in [0.05, 0.1) is 16.7 Å². The highest BCUT2D eigenvalue weighted by molar-refractivity contribution is 5.90. The Morgan fingerprint density at radius 3 is 2.68 bits per heavy atom. The van der Waals surface area contributed by atoms with E-state index in [1.165, 1.54) is 11.1 Å². The van der Waals surface area contributed by atoms with E-state index in [0.717, 1.165) is 65.5 Å². The van der Waals surface area contributed by atoms with Crippen LogP contribution in [0.1, 0.15) is 49.8 Å². The second-order valence-corrected chi connectivity index (χ2v) is 10.9. The molecule has 0 spiro atoms. The van der Waals surface area contributed by atoms with Crippen molar-refractivity contribution >= 4 is 28.4 Å². The van der Waals surface area contributed by atoms with Crippen LogP contribution >= 0.6 is 0 Å². The summed E-state index contributed by atoms with van der Waals surface area (Å²) in [5, 5.41) is 4.40. The van der Waals surface area contributed by atoms with Gasteiger partial charge in [0.1, 0.15) is 12.1 Å². The van der Waals surface area contributed by atoms with E-state index in [-0.39, 0.29) is 17.9 Å². The van der Waals surface area contributed by atoms with Gasteiger partial charge in [0.25, 0.3) is 0 Å². The van der Waals surface area contributed by atoms with Crippen LogP contribution in [0.5, 0.6) is 0 Å². The van der Waals surface area contributed by atoms with Crippen molar-refractivity contribution < 1.29 is 4.79 Å². The Bertz CT molecular complexity index is 1450. The number of piperazine rings is 1. The van der Waals surface area contributed by atoms with E-state index in [1.54, 1.807) is 6.33 Å². The van der Waals surface area contributed by atoms with Crippen molar-refractivity contribution in [1.29, 1.82) is 0 Å². The van der Waals surface area contributed by atoms with Gasteiger partial charge >= 0.3 is 0 Å². The second-order valence-electron chi connectivity index (χ2n) is 10.9. The van der Waals surface area contributed by atoms with Crippen LogP contribution in [0.15, 0.2) is 24.7 Å². The maximum Gasteiger partial charge on any atom is 0.224 e. The first-order valence-electron chi connectivity index (χ1n) is 13.2. The molecule has 1 saturated heterocycles. The molecule has 4 aromatic rings. The molecule has 9 heteroatoms. The molecule has 0 aromatic carbocycles. The Morgan fingerprint density at radius 1 is 1.19 bits per heavy atom. The van der Waals surface area contributed by atoms with Gasteiger partial charge < -0.3 is 19.7 Å². The molecule has 5 rings (SSSR count). The summed E-state index contributed by atoms with van der Waals surface area (Å²) in [4.78, 5) is 32.4. The van der Waals surface area contributed by atoms with Crippen molar-refractivity contribution in [3.63, 3.8) is 0 Å². The monoisotopic (exact) mass is 502 g/mol. The van der Waals surface area contributed by atoms with E-state index < -0.39 is 0 Å². The van der Waals surface area contributed by atoms with Gasteiger partial charge in [-0.3, -0.25) is 4.79 Å². The normalized spacial score (nSPS) is 16.6. The third-order valence-electron chi connectivity index (χ3n) is 7.68. The standard InChI is InChI=1S/C28H38N8O/c1-17(2)25-26(21-15-36-28(29-16-30-36)20(5)19(21)4)31-22-8-9-23(32-27(22)25)34-12-13-35(18(3)14-34)24(37)10-11-33(6)7/h8-9,15-18,31H,10-14H2,1-7H3/t18-/m1/s1. The molecule has 1 fully saturated rings. The second kappa shape index (κ2) is 9.78. The first kappa shape index (κ1) is 25.2. The van der Waals surface area contributed by atoms with Gasteiger partial charge in [0.2, 0.25) is 5.91 Å². The molecule has 1 N–H and O–H groups in total. The number of fused-ring (bicyclic) bond motifs is 2. The average molecular weight is 503 g/mol. The highest BCUT2D eigenvalue weighted by Gasteiger charge is 2.28. The Kier molecular flexibility index (Phi) is 6.66. The fourth-order valence-corrected chi connectivity index (χ4v) is 5.48. The molecular formula is C28H38N8O. The van der Waals surface area contributed by atoms with E-state index in [9.17, 15) is 4.79 Å². The lowest BCUT2D eigenvalue weighted by molar-refractivity contribution is -0.133. The van der Waals surface area contributed by atoms with Gasteiger partial charge in [0, 0.05) is 56.0 Å². The molecule has 0 saturated carbocycles. The number of pyridine rings is 2. The lowest BCUT2D eigenvalue weighted by Crippen LogP contribution is -2.54. The van der Waals surface area contributed by atoms with E-state index in [1.807, 2.05) is 23.5 Å². The van der Waals surface area contributed by atoms with E-state index >= 15 is 0 Å². The quantitative estimate of drug-likeness (QED) is 0.429. The van der Waals surface area contributed by atoms with Crippen molar-refractivity contribution in [2.75, 3.05) is 45.2 Å². The summed E-state index contributed by atoms with van der Waals surface area (Å²) >= 11 is 0. The predicted octanol–water partition coefficient (Wildman–Crippen LogP) is 4.00. The summed E-state index contributed by atoms with van der Waals surface area (Å²) in [5.41, 5.74) is 8.68. The number of nitrogens with one attached hydrogen (secondary N) is 1. The number of carbonyl (C=O) groups is 1. The number of rotatable bonds is 6. The molecule has 1 atom stereocenters. The number of anilines is 1. The van der Waals surface area contributed by atoms with Gasteiger partial charge in [-0.15, -0.1) is 0 Å². The Morgan fingerprint density at radius 2 is 1.97 bits per heavy atom. The zero-order chi connectivity index (χ0) is 26.4. The Labute approximate surface area is 218 Å². The molecule has 0 unspecified atom stereocenters. The van der Waals surface area contributed by atoms with Crippen molar-refractivity contribution in [3.8, 4) is 11.3 Å². The van der Waals surface area contributed by atoms with Crippen LogP contribution in [0.4, 0.5) is 5.82 Å². The van der Waals surface area contributed by atoms with E-state index in [0.29, 0.717) is 6.42 Å². The topological polar surface area (TPSA) is 85.7 Å². The van der Waals surface area contributed by atoms with Gasteiger partial charge in [-0.1, -0.05) is 13.8 Å². The summed E-state index contributed by atoms with van der Waals surface area (Å²) in [6, 6.07) is 4.39. The summed E-state index contributed by atoms with van der Waals surface area (Å²) in [5.74, 6) is 1.48. The van der Waals surface area contributed by atoms with Gasteiger partial charge in [0.15, 0.2) is 5.65 Å². The number of aromatic amines is 1. The lowest BCUT2D eigenvalue weighted by Gasteiger charge is -2.40. The van der Waals surface area contributed by atoms with E-state index in [2.05, 4.69) is 77.8 Å². The number of nitrogens with zero attached hydrogens (tertiary/aromatic N) is 7. The minimum atomic E-state index is 0.146. The highest BCUT2D eigenvalue weighted by atomic mass is 16.2. The fraction of sp³-hybridized carbons (Fsp3) is 0.500. The van der Waals surface area contributed by atoms with Gasteiger partial charge in [-0.2, -0.15) is 5.10 Å². The van der Waals surface area contributed by atoms with Crippen molar-refractivity contribution in [2.24, 2.45) is 0 Å². The minimum absolute atomic E-state index is 0.146. The molecule has 1 aliphatic heterocycles. The number of carbonyl (C=O) groups excluding carboxylic acids is 1. The fourth-order valence-electron chi connectivity index (χ4n) is 5.48. The third-order valence-corrected chi connectivity index (χ3v) is 7.68. The molecule has 1 aliphatic rings. The number of aryl methyl sites for hydroxylation is 1. The van der Waals surface area contributed by atoms with Crippen LogP contribution in [0.25, 0.3) is 27.9 Å². The van der Waals surface area contributed by atoms with E-state index in [4.69, 9.17) is 4.98 Å². The molecule has 0 aliphatic carbocycles. The predicted molar refractivity (Wildman–Crippen MR) is 148 cm³/mol. The van der Waals surface area contributed by atoms with Gasteiger partial charge in [-0.05, 0) is 64.0 Å². The SMILES string of the molecule is Cc1c(-c2[nH]c3ccc(N4CCN(C(=O)CCN(C)C)[C@H](C)C4)nc3c2C(C)C)cn2ncnc2c1C. The minimum Gasteiger partial charge on any atom is -0.353 e. The summed E-state index contributed by atoms with van der Waals surface area (Å²) in [7, 11) is 4.01. The highest BCUT2D eigenvalue weighted by Crippen LogP contribution is 2.38. The Balaban J connectivity index is 1.47. The van der Waals surface area contributed by atoms with Crippen molar-refractivity contribution in [2.45, 2.75) is 53.0 Å². The summed E-state index contributed by atoms with van der Waals surface area (Å²) in [6.07, 6.45) is 4.23. The summed E-state index contributed by atoms with van der Waals surface area (Å²) in [6.45, 7) is 13.9. The van der Waals surface area contributed by atoms with Crippen LogP contribution in [-0.4, -0.2) is 86.6 Å². The van der Waals surface area contributed by atoms with Crippen LogP contribution in [0.2, 0.25) is 0 Å². The lowest BCUT2D eigenvalue weighted by atomic mass is 9.95. The van der Waals surface area contributed by atoms with Crippen LogP contribution in [0, 0.1) is 13.8 Å². The molecule has 1 amide bonds. The van der Waals surface area contributed by atoms with Crippen molar-refractivity contribution in [1.82, 2.24) is 34.4 Å².